The van der Waals surface area contributed by atoms with Crippen molar-refractivity contribution in [1.29, 1.82) is 0 Å². The summed E-state index contributed by atoms with van der Waals surface area (Å²) in [6, 6.07) is 3.66. The van der Waals surface area contributed by atoms with E-state index in [1.54, 1.807) is 13.2 Å². The normalized spacial score (nSPS) is 8.40. The highest BCUT2D eigenvalue weighted by Crippen LogP contribution is 2.07. The Morgan fingerprint density at radius 3 is 3.00 bits per heavy atom. The third-order valence-corrected chi connectivity index (χ3v) is 1.20. The summed E-state index contributed by atoms with van der Waals surface area (Å²) in [6.07, 6.45) is 6.90. The molecule has 0 amide bonds. The molecular formula is C8H8N2. The fourth-order valence-corrected chi connectivity index (χ4v) is 0.721. The van der Waals surface area contributed by atoms with Crippen LogP contribution < -0.4 is 5.32 Å². The van der Waals surface area contributed by atoms with Gasteiger partial charge >= 0.3 is 0 Å². The minimum Gasteiger partial charge on any atom is -0.372 e. The Kier molecular flexibility index (Phi) is 1.91. The van der Waals surface area contributed by atoms with Crippen LogP contribution in [-0.4, -0.2) is 12.0 Å². The lowest BCUT2D eigenvalue weighted by atomic mass is 10.3. The smallest absolute Gasteiger partial charge is 0.141 e. The summed E-state index contributed by atoms with van der Waals surface area (Å²) >= 11 is 0. The highest BCUT2D eigenvalue weighted by molar-refractivity contribution is 5.51. The molecule has 1 aromatic rings. The molecule has 0 bridgehead atoms. The molecule has 0 unspecified atom stereocenters. The fourth-order valence-electron chi connectivity index (χ4n) is 0.721. The molecule has 0 spiro atoms. The zero-order valence-corrected chi connectivity index (χ0v) is 5.76. The highest BCUT2D eigenvalue weighted by Gasteiger charge is 1.93. The molecule has 0 radical (unpaired) electrons. The van der Waals surface area contributed by atoms with Crippen LogP contribution >= 0.6 is 0 Å². The van der Waals surface area contributed by atoms with Crippen molar-refractivity contribution in [2.75, 3.05) is 12.4 Å². The molecule has 0 aromatic carbocycles. The summed E-state index contributed by atoms with van der Waals surface area (Å²) in [5.74, 6) is 3.28. The van der Waals surface area contributed by atoms with Crippen molar-refractivity contribution in [3.05, 3.63) is 23.9 Å². The van der Waals surface area contributed by atoms with Crippen LogP contribution in [0.3, 0.4) is 0 Å². The van der Waals surface area contributed by atoms with Gasteiger partial charge in [0.1, 0.15) is 5.82 Å². The molecule has 2 nitrogen and oxygen atoms in total. The van der Waals surface area contributed by atoms with Gasteiger partial charge in [-0.05, 0) is 12.1 Å². The highest BCUT2D eigenvalue weighted by atomic mass is 14.9. The van der Waals surface area contributed by atoms with Gasteiger partial charge in [0, 0.05) is 13.2 Å². The van der Waals surface area contributed by atoms with Gasteiger partial charge in [-0.25, -0.2) is 4.98 Å². The predicted octanol–water partition coefficient (Wildman–Crippen LogP) is 1.10. The molecule has 0 aliphatic carbocycles. The van der Waals surface area contributed by atoms with Gasteiger partial charge in [-0.3, -0.25) is 0 Å². The third-order valence-electron chi connectivity index (χ3n) is 1.20. The summed E-state index contributed by atoms with van der Waals surface area (Å²) in [4.78, 5) is 4.01. The Morgan fingerprint density at radius 2 is 2.50 bits per heavy atom. The van der Waals surface area contributed by atoms with Crippen molar-refractivity contribution in [3.8, 4) is 12.3 Å². The molecule has 10 heavy (non-hydrogen) atoms. The molecule has 1 aromatic heterocycles. The van der Waals surface area contributed by atoms with Crippen molar-refractivity contribution >= 4 is 5.82 Å². The molecule has 0 aliphatic rings. The molecule has 1 N–H and O–H groups in total. The third kappa shape index (κ3) is 1.08. The first-order valence-electron chi connectivity index (χ1n) is 2.98. The standard InChI is InChI=1S/C8H8N2/c1-3-7-5-4-6-10-8(7)9-2/h1,4-6H,2H3,(H,9,10). The Morgan fingerprint density at radius 1 is 1.70 bits per heavy atom. The lowest BCUT2D eigenvalue weighted by Crippen LogP contribution is -1.94. The molecule has 2 heteroatoms. The quantitative estimate of drug-likeness (QED) is 0.579. The average Bonchev–Trinajstić information content (AvgIpc) is 2.04. The largest absolute Gasteiger partial charge is 0.372 e. The molecule has 0 saturated carbocycles. The van der Waals surface area contributed by atoms with Crippen LogP contribution in [0, 0.1) is 12.3 Å². The fraction of sp³-hybridized carbons (Fsp3) is 0.125. The van der Waals surface area contributed by atoms with Crippen LogP contribution in [0.2, 0.25) is 0 Å². The van der Waals surface area contributed by atoms with Crippen molar-refractivity contribution in [1.82, 2.24) is 4.98 Å². The molecule has 50 valence electrons. The summed E-state index contributed by atoms with van der Waals surface area (Å²) in [5, 5.41) is 2.89. The van der Waals surface area contributed by atoms with E-state index < -0.39 is 0 Å². The molecule has 0 atom stereocenters. The molecule has 0 saturated heterocycles. The minimum atomic E-state index is 0.755. The number of terminal acetylenes is 1. The first-order chi connectivity index (χ1) is 4.88. The van der Waals surface area contributed by atoms with Crippen LogP contribution in [0.5, 0.6) is 0 Å². The first-order valence-corrected chi connectivity index (χ1v) is 2.98. The Balaban J connectivity index is 3.12. The zero-order chi connectivity index (χ0) is 7.40. The lowest BCUT2D eigenvalue weighted by Gasteiger charge is -1.99. The number of nitrogens with zero attached hydrogens (tertiary/aromatic N) is 1. The maximum Gasteiger partial charge on any atom is 0.141 e. The van der Waals surface area contributed by atoms with E-state index in [-0.39, 0.29) is 0 Å². The summed E-state index contributed by atoms with van der Waals surface area (Å²) in [6.45, 7) is 0. The van der Waals surface area contributed by atoms with Crippen LogP contribution in [0.25, 0.3) is 0 Å². The van der Waals surface area contributed by atoms with Gasteiger partial charge in [0.25, 0.3) is 0 Å². The second-order valence-electron chi connectivity index (χ2n) is 1.79. The number of rotatable bonds is 1. The van der Waals surface area contributed by atoms with Crippen molar-refractivity contribution in [2.45, 2.75) is 0 Å². The topological polar surface area (TPSA) is 24.9 Å². The molecule has 1 heterocycles. The van der Waals surface area contributed by atoms with E-state index in [0.29, 0.717) is 0 Å². The molecule has 0 aliphatic heterocycles. The van der Waals surface area contributed by atoms with Crippen LogP contribution in [0.15, 0.2) is 18.3 Å². The van der Waals surface area contributed by atoms with E-state index in [1.165, 1.54) is 0 Å². The number of hydrogen-bond donors (Lipinski definition) is 1. The van der Waals surface area contributed by atoms with Crippen molar-refractivity contribution in [3.63, 3.8) is 0 Å². The summed E-state index contributed by atoms with van der Waals surface area (Å²) < 4.78 is 0. The van der Waals surface area contributed by atoms with E-state index in [0.717, 1.165) is 11.4 Å². The van der Waals surface area contributed by atoms with E-state index in [1.807, 2.05) is 12.1 Å². The van der Waals surface area contributed by atoms with Crippen molar-refractivity contribution in [2.24, 2.45) is 0 Å². The Labute approximate surface area is 60.3 Å². The van der Waals surface area contributed by atoms with Gasteiger partial charge < -0.3 is 5.32 Å². The van der Waals surface area contributed by atoms with Crippen LogP contribution in [0.1, 0.15) is 5.56 Å². The monoisotopic (exact) mass is 132 g/mol. The maximum atomic E-state index is 5.20. The van der Waals surface area contributed by atoms with Crippen LogP contribution in [-0.2, 0) is 0 Å². The van der Waals surface area contributed by atoms with E-state index in [4.69, 9.17) is 6.42 Å². The predicted molar refractivity (Wildman–Crippen MR) is 41.7 cm³/mol. The van der Waals surface area contributed by atoms with E-state index in [2.05, 4.69) is 16.2 Å². The number of nitrogens with one attached hydrogen (secondary N) is 1. The second kappa shape index (κ2) is 2.88. The maximum absolute atomic E-state index is 5.20. The zero-order valence-electron chi connectivity index (χ0n) is 5.76. The molecular weight excluding hydrogens is 124 g/mol. The number of hydrogen-bond acceptors (Lipinski definition) is 2. The molecule has 0 fully saturated rings. The summed E-state index contributed by atoms with van der Waals surface area (Å²) in [7, 11) is 1.79. The van der Waals surface area contributed by atoms with Gasteiger partial charge in [-0.15, -0.1) is 6.42 Å². The second-order valence-corrected chi connectivity index (χ2v) is 1.79. The number of aromatic nitrogens is 1. The first kappa shape index (κ1) is 6.63. The summed E-state index contributed by atoms with van der Waals surface area (Å²) in [5.41, 5.74) is 0.796. The SMILES string of the molecule is C#Cc1cccnc1NC. The van der Waals surface area contributed by atoms with Crippen LogP contribution in [0.4, 0.5) is 5.82 Å². The van der Waals surface area contributed by atoms with Gasteiger partial charge in [0.15, 0.2) is 0 Å². The average molecular weight is 132 g/mol. The Hall–Kier alpha value is -1.49. The number of pyridine rings is 1. The van der Waals surface area contributed by atoms with Gasteiger partial charge in [-0.1, -0.05) is 5.92 Å². The van der Waals surface area contributed by atoms with E-state index in [9.17, 15) is 0 Å². The van der Waals surface area contributed by atoms with Gasteiger partial charge in [-0.2, -0.15) is 0 Å². The van der Waals surface area contributed by atoms with Gasteiger partial charge in [0.05, 0.1) is 5.56 Å². The van der Waals surface area contributed by atoms with Crippen molar-refractivity contribution < 1.29 is 0 Å². The van der Waals surface area contributed by atoms with Gasteiger partial charge in [0.2, 0.25) is 0 Å². The van der Waals surface area contributed by atoms with E-state index >= 15 is 0 Å². The number of anilines is 1. The minimum absolute atomic E-state index is 0.755. The molecule has 1 rings (SSSR count). The lowest BCUT2D eigenvalue weighted by molar-refractivity contribution is 1.27. The Bertz CT molecular complexity index is 260.